The lowest BCUT2D eigenvalue weighted by molar-refractivity contribution is -0.167. The third kappa shape index (κ3) is 54.6. The van der Waals surface area contributed by atoms with Crippen molar-refractivity contribution in [3.63, 3.8) is 0 Å². The Bertz CT molecular complexity index is 1140. The van der Waals surface area contributed by atoms with Gasteiger partial charge in [-0.15, -0.1) is 0 Å². The summed E-state index contributed by atoms with van der Waals surface area (Å²) in [5.41, 5.74) is 0. The van der Waals surface area contributed by atoms with E-state index in [0.717, 1.165) is 77.0 Å². The van der Waals surface area contributed by atoms with Gasteiger partial charge in [0.05, 0.1) is 0 Å². The zero-order chi connectivity index (χ0) is 49.3. The van der Waals surface area contributed by atoms with Gasteiger partial charge in [0.15, 0.2) is 6.10 Å². The second-order valence-electron chi connectivity index (χ2n) is 20.3. The van der Waals surface area contributed by atoms with Crippen molar-refractivity contribution in [2.24, 2.45) is 0 Å². The molecule has 0 N–H and O–H groups in total. The van der Waals surface area contributed by atoms with E-state index < -0.39 is 6.10 Å². The zero-order valence-electron chi connectivity index (χ0n) is 45.6. The summed E-state index contributed by atoms with van der Waals surface area (Å²) in [7, 11) is 0. The first-order valence-electron chi connectivity index (χ1n) is 30.0. The number of ether oxygens (including phenoxy) is 3. The fraction of sp³-hybridized carbons (Fsp3) is 0.855. The van der Waals surface area contributed by atoms with E-state index in [1.165, 1.54) is 205 Å². The third-order valence-electron chi connectivity index (χ3n) is 13.4. The van der Waals surface area contributed by atoms with E-state index in [-0.39, 0.29) is 31.1 Å². The summed E-state index contributed by atoms with van der Waals surface area (Å²) in [5.74, 6) is -0.865. The molecule has 0 aliphatic rings. The van der Waals surface area contributed by atoms with Crippen molar-refractivity contribution in [1.82, 2.24) is 0 Å². The quantitative estimate of drug-likeness (QED) is 0.0262. The molecule has 6 nitrogen and oxygen atoms in total. The second kappa shape index (κ2) is 57.2. The van der Waals surface area contributed by atoms with E-state index in [9.17, 15) is 14.4 Å². The van der Waals surface area contributed by atoms with Gasteiger partial charge in [-0.05, 0) is 57.8 Å². The maximum absolute atomic E-state index is 12.9. The fourth-order valence-electron chi connectivity index (χ4n) is 8.86. The molecule has 0 amide bonds. The van der Waals surface area contributed by atoms with E-state index in [2.05, 4.69) is 57.2 Å². The Kier molecular flexibility index (Phi) is 55.2. The normalized spacial score (nSPS) is 12.2. The third-order valence-corrected chi connectivity index (χ3v) is 13.4. The van der Waals surface area contributed by atoms with Gasteiger partial charge in [-0.25, -0.2) is 0 Å². The summed E-state index contributed by atoms with van der Waals surface area (Å²) in [6.07, 6.45) is 68.5. The monoisotopic (exact) mass is 955 g/mol. The van der Waals surface area contributed by atoms with Crippen LogP contribution in [-0.4, -0.2) is 37.2 Å². The van der Waals surface area contributed by atoms with Gasteiger partial charge in [-0.2, -0.15) is 0 Å². The molecule has 398 valence electrons. The van der Waals surface area contributed by atoms with Gasteiger partial charge in [0.25, 0.3) is 0 Å². The topological polar surface area (TPSA) is 78.9 Å². The molecule has 0 spiro atoms. The van der Waals surface area contributed by atoms with Crippen molar-refractivity contribution in [3.8, 4) is 0 Å². The van der Waals surface area contributed by atoms with Crippen LogP contribution in [0.5, 0.6) is 0 Å². The molecule has 1 unspecified atom stereocenters. The van der Waals surface area contributed by atoms with Crippen molar-refractivity contribution < 1.29 is 28.6 Å². The van der Waals surface area contributed by atoms with Crippen molar-refractivity contribution in [2.45, 2.75) is 329 Å². The standard InChI is InChI=1S/C62H114O6/c1-4-7-10-13-16-19-22-24-26-28-30-31-32-34-35-37-40-43-46-49-52-55-61(64)67-58-59(57-66-60(63)54-51-48-45-42-39-21-18-15-12-9-6-3)68-62(65)56-53-50-47-44-41-38-36-33-29-27-25-23-20-17-14-11-8-5-2/h22,24,28,30,32,34,59H,4-21,23,25-27,29,31,33,35-58H2,1-3H3/b24-22-,30-28-,34-32-. The van der Waals surface area contributed by atoms with Crippen LogP contribution < -0.4 is 0 Å². The highest BCUT2D eigenvalue weighted by Crippen LogP contribution is 2.17. The van der Waals surface area contributed by atoms with Gasteiger partial charge in [-0.3, -0.25) is 14.4 Å². The minimum atomic E-state index is -0.773. The Morgan fingerprint density at radius 2 is 0.529 bits per heavy atom. The molecule has 0 aromatic rings. The zero-order valence-corrected chi connectivity index (χ0v) is 45.6. The Balaban J connectivity index is 4.30. The van der Waals surface area contributed by atoms with Crippen LogP contribution in [0.15, 0.2) is 36.5 Å². The number of esters is 3. The molecule has 0 aliphatic carbocycles. The lowest BCUT2D eigenvalue weighted by atomic mass is 10.0. The van der Waals surface area contributed by atoms with Gasteiger partial charge >= 0.3 is 17.9 Å². The molecular formula is C62H114O6. The Labute approximate surface area is 423 Å². The molecule has 6 heteroatoms. The number of allylic oxidation sites excluding steroid dienone is 6. The highest BCUT2D eigenvalue weighted by atomic mass is 16.6. The van der Waals surface area contributed by atoms with Crippen LogP contribution in [-0.2, 0) is 28.6 Å². The lowest BCUT2D eigenvalue weighted by Crippen LogP contribution is -2.30. The van der Waals surface area contributed by atoms with Crippen molar-refractivity contribution >= 4 is 17.9 Å². The SMILES string of the molecule is CCCCCCC/C=C\C/C=C\C/C=C\CCCCCCCCC(=O)OCC(COC(=O)CCCCCCCCCCCCC)OC(=O)CCCCCCCCCCCCCCCCCCCC. The molecule has 0 saturated heterocycles. The van der Waals surface area contributed by atoms with Crippen LogP contribution in [0.2, 0.25) is 0 Å². The molecule has 0 aromatic heterocycles. The van der Waals surface area contributed by atoms with Crippen LogP contribution in [0.25, 0.3) is 0 Å². The van der Waals surface area contributed by atoms with E-state index in [0.29, 0.717) is 19.3 Å². The first kappa shape index (κ1) is 65.6. The van der Waals surface area contributed by atoms with Gasteiger partial charge in [0, 0.05) is 19.3 Å². The van der Waals surface area contributed by atoms with Crippen molar-refractivity contribution in [1.29, 1.82) is 0 Å². The summed E-state index contributed by atoms with van der Waals surface area (Å²) >= 11 is 0. The minimum absolute atomic E-state index is 0.0716. The molecule has 68 heavy (non-hydrogen) atoms. The van der Waals surface area contributed by atoms with Gasteiger partial charge < -0.3 is 14.2 Å². The van der Waals surface area contributed by atoms with Crippen LogP contribution in [0, 0.1) is 0 Å². The fourth-order valence-corrected chi connectivity index (χ4v) is 8.86. The Morgan fingerprint density at radius 1 is 0.294 bits per heavy atom. The number of hydrogen-bond donors (Lipinski definition) is 0. The largest absolute Gasteiger partial charge is 0.462 e. The van der Waals surface area contributed by atoms with Crippen molar-refractivity contribution in [3.05, 3.63) is 36.5 Å². The van der Waals surface area contributed by atoms with Crippen LogP contribution >= 0.6 is 0 Å². The molecule has 0 aromatic carbocycles. The highest BCUT2D eigenvalue weighted by Gasteiger charge is 2.19. The summed E-state index contributed by atoms with van der Waals surface area (Å²) in [5, 5.41) is 0. The highest BCUT2D eigenvalue weighted by molar-refractivity contribution is 5.71. The van der Waals surface area contributed by atoms with E-state index in [1.807, 2.05) is 0 Å². The molecular weight excluding hydrogens is 841 g/mol. The number of rotatable bonds is 55. The first-order chi connectivity index (χ1) is 33.5. The molecule has 0 fully saturated rings. The van der Waals surface area contributed by atoms with Crippen LogP contribution in [0.4, 0.5) is 0 Å². The average molecular weight is 956 g/mol. The maximum Gasteiger partial charge on any atom is 0.306 e. The molecule has 0 rings (SSSR count). The molecule has 1 atom stereocenters. The predicted molar refractivity (Wildman–Crippen MR) is 293 cm³/mol. The molecule has 0 heterocycles. The number of carbonyl (C=O) groups excluding carboxylic acids is 3. The molecule has 0 saturated carbocycles. The van der Waals surface area contributed by atoms with E-state index >= 15 is 0 Å². The van der Waals surface area contributed by atoms with Gasteiger partial charge in [-0.1, -0.05) is 282 Å². The summed E-state index contributed by atoms with van der Waals surface area (Å²) in [6.45, 7) is 6.66. The summed E-state index contributed by atoms with van der Waals surface area (Å²) in [4.78, 5) is 38.1. The van der Waals surface area contributed by atoms with Gasteiger partial charge in [0.2, 0.25) is 0 Å². The Morgan fingerprint density at radius 3 is 0.824 bits per heavy atom. The van der Waals surface area contributed by atoms with Crippen LogP contribution in [0.3, 0.4) is 0 Å². The maximum atomic E-state index is 12.9. The first-order valence-corrected chi connectivity index (χ1v) is 30.0. The molecule has 0 radical (unpaired) electrons. The number of carbonyl (C=O) groups is 3. The second-order valence-corrected chi connectivity index (χ2v) is 20.3. The van der Waals surface area contributed by atoms with Gasteiger partial charge in [0.1, 0.15) is 13.2 Å². The number of unbranched alkanes of at least 4 members (excludes halogenated alkanes) is 38. The predicted octanol–water partition coefficient (Wildman–Crippen LogP) is 20.0. The smallest absolute Gasteiger partial charge is 0.306 e. The molecule has 0 bridgehead atoms. The lowest BCUT2D eigenvalue weighted by Gasteiger charge is -2.18. The van der Waals surface area contributed by atoms with Crippen LogP contribution in [0.1, 0.15) is 323 Å². The summed E-state index contributed by atoms with van der Waals surface area (Å²) in [6, 6.07) is 0. The average Bonchev–Trinajstić information content (AvgIpc) is 3.34. The minimum Gasteiger partial charge on any atom is -0.462 e. The Hall–Kier alpha value is -2.37. The summed E-state index contributed by atoms with van der Waals surface area (Å²) < 4.78 is 16.9. The van der Waals surface area contributed by atoms with E-state index in [4.69, 9.17) is 14.2 Å². The van der Waals surface area contributed by atoms with Crippen molar-refractivity contribution in [2.75, 3.05) is 13.2 Å². The van der Waals surface area contributed by atoms with E-state index in [1.54, 1.807) is 0 Å². The number of hydrogen-bond acceptors (Lipinski definition) is 6. The molecule has 0 aliphatic heterocycles.